The Morgan fingerprint density at radius 1 is 1.08 bits per heavy atom. The lowest BCUT2D eigenvalue weighted by Gasteiger charge is -2.45. The van der Waals surface area contributed by atoms with Crippen molar-refractivity contribution >= 4 is 46.2 Å². The summed E-state index contributed by atoms with van der Waals surface area (Å²) >= 11 is 6.05. The van der Waals surface area contributed by atoms with Crippen LogP contribution in [0.2, 0.25) is 5.02 Å². The highest BCUT2D eigenvalue weighted by molar-refractivity contribution is 6.30. The molecule has 11 heteroatoms. The van der Waals surface area contributed by atoms with E-state index in [0.717, 1.165) is 44.2 Å². The highest BCUT2D eigenvalue weighted by Gasteiger charge is 2.43. The number of aryl methyl sites for hydroxylation is 2. The molecule has 0 saturated carbocycles. The number of imide groups is 1. The second-order valence-electron chi connectivity index (χ2n) is 9.28. The van der Waals surface area contributed by atoms with Gasteiger partial charge in [-0.3, -0.25) is 9.69 Å². The van der Waals surface area contributed by atoms with Crippen LogP contribution < -0.4 is 11.2 Å². The van der Waals surface area contributed by atoms with Gasteiger partial charge in [0.2, 0.25) is 12.2 Å². The average molecular weight is 525 g/mol. The number of carbonyl (C=O) groups excluding carboxylic acids is 3. The Bertz CT molecular complexity index is 1360. The van der Waals surface area contributed by atoms with Crippen molar-refractivity contribution in [2.24, 2.45) is 5.84 Å². The highest BCUT2D eigenvalue weighted by atomic mass is 35.5. The van der Waals surface area contributed by atoms with Crippen LogP contribution in [0.3, 0.4) is 0 Å². The Balaban J connectivity index is 1.42. The number of benzene rings is 2. The first-order valence-corrected chi connectivity index (χ1v) is 12.6. The lowest BCUT2D eigenvalue weighted by molar-refractivity contribution is -0.113. The van der Waals surface area contributed by atoms with Gasteiger partial charge in [0.25, 0.3) is 0 Å². The zero-order chi connectivity index (χ0) is 26.3. The SMILES string of the molecule is CCc1oc2ccc(NC3N(N)C(=O)N(CCCN4CC4=O)C(=O)N3Cc3ccc(Cl)cc3)cc2c1C. The first-order valence-electron chi connectivity index (χ1n) is 12.2. The second-order valence-corrected chi connectivity index (χ2v) is 9.72. The van der Waals surface area contributed by atoms with Crippen molar-refractivity contribution in [1.29, 1.82) is 0 Å². The van der Waals surface area contributed by atoms with Crippen molar-refractivity contribution in [3.8, 4) is 0 Å². The summed E-state index contributed by atoms with van der Waals surface area (Å²) in [5.74, 6) is 7.29. The minimum absolute atomic E-state index is 0.0706. The van der Waals surface area contributed by atoms with Crippen LogP contribution in [0.1, 0.15) is 30.2 Å². The van der Waals surface area contributed by atoms with Crippen molar-refractivity contribution < 1.29 is 18.8 Å². The fourth-order valence-electron chi connectivity index (χ4n) is 4.61. The maximum atomic E-state index is 13.6. The van der Waals surface area contributed by atoms with Gasteiger partial charge in [-0.2, -0.15) is 0 Å². The zero-order valence-corrected chi connectivity index (χ0v) is 21.5. The van der Waals surface area contributed by atoms with Gasteiger partial charge in [-0.1, -0.05) is 30.7 Å². The second kappa shape index (κ2) is 9.95. The molecular formula is C26H29ClN6O4. The number of furan rings is 1. The molecule has 0 spiro atoms. The van der Waals surface area contributed by atoms with Crippen molar-refractivity contribution in [2.45, 2.75) is 39.5 Å². The van der Waals surface area contributed by atoms with E-state index < -0.39 is 18.4 Å². The summed E-state index contributed by atoms with van der Waals surface area (Å²) in [6.07, 6.45) is 0.318. The number of hydrogen-bond acceptors (Lipinski definition) is 6. The minimum atomic E-state index is -0.934. The Labute approximate surface area is 219 Å². The number of carbonyl (C=O) groups is 3. The molecule has 10 nitrogen and oxygen atoms in total. The van der Waals surface area contributed by atoms with Crippen molar-refractivity contribution in [1.82, 2.24) is 19.7 Å². The van der Waals surface area contributed by atoms with E-state index in [1.165, 1.54) is 4.90 Å². The Kier molecular flexibility index (Phi) is 6.70. The number of nitrogens with one attached hydrogen (secondary N) is 1. The molecule has 37 heavy (non-hydrogen) atoms. The molecule has 2 fully saturated rings. The quantitative estimate of drug-likeness (QED) is 0.247. The molecule has 1 unspecified atom stereocenters. The predicted molar refractivity (Wildman–Crippen MR) is 139 cm³/mol. The monoisotopic (exact) mass is 524 g/mol. The fraction of sp³-hybridized carbons (Fsp3) is 0.346. The topological polar surface area (TPSA) is 115 Å². The van der Waals surface area contributed by atoms with E-state index in [1.807, 2.05) is 44.2 Å². The predicted octanol–water partition coefficient (Wildman–Crippen LogP) is 4.12. The molecule has 1 atom stereocenters. The maximum Gasteiger partial charge on any atom is 0.345 e. The third kappa shape index (κ3) is 4.94. The van der Waals surface area contributed by atoms with E-state index in [2.05, 4.69) is 5.32 Å². The number of amides is 5. The van der Waals surface area contributed by atoms with Gasteiger partial charge in [0.1, 0.15) is 11.3 Å². The van der Waals surface area contributed by atoms with Crippen LogP contribution in [-0.2, 0) is 17.8 Å². The van der Waals surface area contributed by atoms with Gasteiger partial charge < -0.3 is 14.6 Å². The molecule has 0 radical (unpaired) electrons. The van der Waals surface area contributed by atoms with E-state index in [9.17, 15) is 14.4 Å². The molecule has 2 aliphatic heterocycles. The van der Waals surface area contributed by atoms with Gasteiger partial charge in [-0.15, -0.1) is 0 Å². The first-order chi connectivity index (χ1) is 17.8. The summed E-state index contributed by atoms with van der Waals surface area (Å²) in [6, 6.07) is 11.7. The number of hydrogen-bond donors (Lipinski definition) is 2. The number of rotatable bonds is 9. The Morgan fingerprint density at radius 2 is 1.81 bits per heavy atom. The summed E-state index contributed by atoms with van der Waals surface area (Å²) < 4.78 is 5.91. The molecule has 0 bridgehead atoms. The molecule has 194 valence electrons. The van der Waals surface area contributed by atoms with Gasteiger partial charge in [0, 0.05) is 35.6 Å². The number of halogens is 1. The minimum Gasteiger partial charge on any atom is -0.461 e. The van der Waals surface area contributed by atoms with Crippen LogP contribution in [0.4, 0.5) is 15.3 Å². The number of anilines is 1. The van der Waals surface area contributed by atoms with Crippen molar-refractivity contribution in [2.75, 3.05) is 25.0 Å². The number of hydrazine groups is 1. The van der Waals surface area contributed by atoms with Crippen LogP contribution in [-0.4, -0.2) is 63.6 Å². The molecule has 3 heterocycles. The van der Waals surface area contributed by atoms with Crippen LogP contribution in [0.25, 0.3) is 11.0 Å². The Hall–Kier alpha value is -3.76. The molecule has 2 saturated heterocycles. The van der Waals surface area contributed by atoms with Crippen LogP contribution in [0, 0.1) is 6.92 Å². The highest BCUT2D eigenvalue weighted by Crippen LogP contribution is 2.30. The van der Waals surface area contributed by atoms with E-state index >= 15 is 0 Å². The number of fused-ring (bicyclic) bond motifs is 1. The van der Waals surface area contributed by atoms with Gasteiger partial charge in [0.15, 0.2) is 0 Å². The summed E-state index contributed by atoms with van der Waals surface area (Å²) in [6.45, 7) is 5.30. The lowest BCUT2D eigenvalue weighted by Crippen LogP contribution is -2.70. The van der Waals surface area contributed by atoms with Crippen LogP contribution in [0.5, 0.6) is 0 Å². The molecule has 1 aromatic heterocycles. The average Bonchev–Trinajstić information content (AvgIpc) is 3.51. The van der Waals surface area contributed by atoms with Gasteiger partial charge in [-0.05, 0) is 54.8 Å². The number of nitrogens with zero attached hydrogens (tertiary/aromatic N) is 4. The molecular weight excluding hydrogens is 496 g/mol. The van der Waals surface area contributed by atoms with E-state index in [1.54, 1.807) is 17.0 Å². The van der Waals surface area contributed by atoms with Crippen molar-refractivity contribution in [3.63, 3.8) is 0 Å². The molecule has 0 aliphatic carbocycles. The van der Waals surface area contributed by atoms with Crippen LogP contribution in [0.15, 0.2) is 46.9 Å². The third-order valence-electron chi connectivity index (χ3n) is 6.79. The van der Waals surface area contributed by atoms with E-state index in [4.69, 9.17) is 21.9 Å². The molecule has 3 N–H and O–H groups in total. The van der Waals surface area contributed by atoms with Gasteiger partial charge in [-0.25, -0.2) is 25.3 Å². The number of nitrogens with two attached hydrogens (primary N) is 1. The van der Waals surface area contributed by atoms with Crippen molar-refractivity contribution in [3.05, 3.63) is 64.4 Å². The standard InChI is InChI=1S/C26H29ClN6O4/c1-3-21-16(2)20-13-19(9-10-22(20)37-21)29-24-32(14-17-5-7-18(27)8-6-17)25(35)31(26(36)33(24)28)12-4-11-30-15-23(30)34/h5-10,13,24,29H,3-4,11-12,14-15,28H2,1-2H3. The zero-order valence-electron chi connectivity index (χ0n) is 20.7. The van der Waals surface area contributed by atoms with Crippen LogP contribution >= 0.6 is 11.6 Å². The smallest absolute Gasteiger partial charge is 0.345 e. The van der Waals surface area contributed by atoms with E-state index in [-0.39, 0.29) is 19.0 Å². The summed E-state index contributed by atoms with van der Waals surface area (Å²) in [4.78, 5) is 42.4. The summed E-state index contributed by atoms with van der Waals surface area (Å²) in [7, 11) is 0. The molecule has 5 rings (SSSR count). The fourth-order valence-corrected chi connectivity index (χ4v) is 4.74. The lowest BCUT2D eigenvalue weighted by atomic mass is 10.1. The Morgan fingerprint density at radius 3 is 2.49 bits per heavy atom. The summed E-state index contributed by atoms with van der Waals surface area (Å²) in [5, 5.41) is 5.84. The third-order valence-corrected chi connectivity index (χ3v) is 7.04. The van der Waals surface area contributed by atoms with Gasteiger partial charge in [0.05, 0.1) is 13.1 Å². The summed E-state index contributed by atoms with van der Waals surface area (Å²) in [5.41, 5.74) is 3.34. The largest absolute Gasteiger partial charge is 0.461 e. The first kappa shape index (κ1) is 24.9. The molecule has 2 aliphatic rings. The normalized spacial score (nSPS) is 17.8. The molecule has 3 aromatic rings. The molecule has 2 aromatic carbocycles. The number of urea groups is 2. The van der Waals surface area contributed by atoms with E-state index in [0.29, 0.717) is 30.2 Å². The van der Waals surface area contributed by atoms with Gasteiger partial charge >= 0.3 is 12.1 Å². The maximum absolute atomic E-state index is 13.6. The molecule has 5 amide bonds.